The third-order valence-electron chi connectivity index (χ3n) is 3.83. The van der Waals surface area contributed by atoms with Crippen LogP contribution in [0.4, 0.5) is 13.2 Å². The fraction of sp³-hybridized carbons (Fsp3) is 0.0870. The molecular formula is C23H16F3NO. The lowest BCUT2D eigenvalue weighted by atomic mass is 10.1. The lowest BCUT2D eigenvalue weighted by Gasteiger charge is -2.09. The lowest BCUT2D eigenvalue weighted by molar-refractivity contribution is -0.137. The Kier molecular flexibility index (Phi) is 6.13. The summed E-state index contributed by atoms with van der Waals surface area (Å²) in [5.41, 5.74) is 1.46. The minimum absolute atomic E-state index is 0.496. The van der Waals surface area contributed by atoms with Crippen LogP contribution in [0.5, 0.6) is 0 Å². The maximum Gasteiger partial charge on any atom is 0.416 e. The average molecular weight is 379 g/mol. The maximum absolute atomic E-state index is 12.6. The van der Waals surface area contributed by atoms with Gasteiger partial charge in [0.25, 0.3) is 0 Å². The number of hydrogen-bond acceptors (Lipinski definition) is 2. The highest BCUT2D eigenvalue weighted by Gasteiger charge is 2.29. The van der Waals surface area contributed by atoms with Gasteiger partial charge in [0.2, 0.25) is 6.10 Å². The molecule has 0 aliphatic rings. The molecule has 0 aliphatic heterocycles. The monoisotopic (exact) mass is 379 g/mol. The standard InChI is InChI=1S/C23H16F3NO/c24-23(25,26)21-14-11-19(12-15-21)17-27-28-22(20-9-5-2-6-10-20)16-13-18-7-3-1-4-8-18/h1-12,14-15,17,22H/b27-17-. The first kappa shape index (κ1) is 19.2. The van der Waals surface area contributed by atoms with Gasteiger partial charge in [0.05, 0.1) is 11.8 Å². The van der Waals surface area contributed by atoms with Gasteiger partial charge in [0, 0.05) is 11.1 Å². The second-order valence-electron chi connectivity index (χ2n) is 5.89. The van der Waals surface area contributed by atoms with Gasteiger partial charge in [0.1, 0.15) is 0 Å². The molecule has 1 unspecified atom stereocenters. The predicted molar refractivity (Wildman–Crippen MR) is 103 cm³/mol. The van der Waals surface area contributed by atoms with Crippen LogP contribution in [0, 0.1) is 11.8 Å². The molecule has 0 saturated heterocycles. The summed E-state index contributed by atoms with van der Waals surface area (Å²) >= 11 is 0. The van der Waals surface area contributed by atoms with E-state index in [-0.39, 0.29) is 0 Å². The van der Waals surface area contributed by atoms with Gasteiger partial charge in [-0.2, -0.15) is 13.2 Å². The molecule has 3 aromatic carbocycles. The van der Waals surface area contributed by atoms with Crippen molar-refractivity contribution in [1.82, 2.24) is 0 Å². The number of oxime groups is 1. The molecular weight excluding hydrogens is 363 g/mol. The molecule has 0 radical (unpaired) electrons. The summed E-state index contributed by atoms with van der Waals surface area (Å²) in [4.78, 5) is 5.52. The van der Waals surface area contributed by atoms with Gasteiger partial charge >= 0.3 is 6.18 Å². The van der Waals surface area contributed by atoms with Crippen LogP contribution in [0.25, 0.3) is 0 Å². The van der Waals surface area contributed by atoms with Gasteiger partial charge < -0.3 is 4.84 Å². The zero-order valence-corrected chi connectivity index (χ0v) is 14.7. The molecule has 0 saturated carbocycles. The number of alkyl halides is 3. The highest BCUT2D eigenvalue weighted by molar-refractivity contribution is 5.79. The number of halogens is 3. The Hall–Kier alpha value is -3.52. The highest BCUT2D eigenvalue weighted by Crippen LogP contribution is 2.28. The van der Waals surface area contributed by atoms with Crippen LogP contribution in [0.15, 0.2) is 90.1 Å². The van der Waals surface area contributed by atoms with Gasteiger partial charge in [-0.05, 0) is 35.7 Å². The van der Waals surface area contributed by atoms with E-state index in [0.29, 0.717) is 5.56 Å². The predicted octanol–water partition coefficient (Wildman–Crippen LogP) is 5.85. The Morgan fingerprint density at radius 3 is 2.04 bits per heavy atom. The Bertz CT molecular complexity index is 970. The maximum atomic E-state index is 12.6. The van der Waals surface area contributed by atoms with Crippen LogP contribution in [0.2, 0.25) is 0 Å². The van der Waals surface area contributed by atoms with Crippen molar-refractivity contribution in [2.45, 2.75) is 12.3 Å². The lowest BCUT2D eigenvalue weighted by Crippen LogP contribution is -2.04. The number of nitrogens with zero attached hydrogens (tertiary/aromatic N) is 1. The molecule has 3 rings (SSSR count). The van der Waals surface area contributed by atoms with Gasteiger partial charge in [-0.3, -0.25) is 0 Å². The fourth-order valence-corrected chi connectivity index (χ4v) is 2.38. The molecule has 28 heavy (non-hydrogen) atoms. The largest absolute Gasteiger partial charge is 0.416 e. The van der Waals surface area contributed by atoms with Gasteiger partial charge in [0.15, 0.2) is 0 Å². The quantitative estimate of drug-likeness (QED) is 0.317. The van der Waals surface area contributed by atoms with E-state index in [4.69, 9.17) is 4.84 Å². The molecule has 0 aliphatic carbocycles. The van der Waals surface area contributed by atoms with Crippen LogP contribution in [-0.4, -0.2) is 6.21 Å². The summed E-state index contributed by atoms with van der Waals surface area (Å²) in [5, 5.41) is 3.91. The van der Waals surface area contributed by atoms with Crippen LogP contribution in [-0.2, 0) is 11.0 Å². The molecule has 2 nitrogen and oxygen atoms in total. The zero-order chi connectivity index (χ0) is 19.8. The van der Waals surface area contributed by atoms with Gasteiger partial charge in [-0.1, -0.05) is 71.7 Å². The minimum atomic E-state index is -4.36. The van der Waals surface area contributed by atoms with Crippen molar-refractivity contribution in [2.75, 3.05) is 0 Å². The Labute approximate surface area is 161 Å². The Balaban J connectivity index is 1.75. The summed E-state index contributed by atoms with van der Waals surface area (Å²) in [6.45, 7) is 0. The van der Waals surface area contributed by atoms with Crippen LogP contribution in [0.3, 0.4) is 0 Å². The Morgan fingerprint density at radius 1 is 0.821 bits per heavy atom. The van der Waals surface area contributed by atoms with E-state index < -0.39 is 17.8 Å². The average Bonchev–Trinajstić information content (AvgIpc) is 2.71. The number of hydrogen-bond donors (Lipinski definition) is 0. The molecule has 0 bridgehead atoms. The zero-order valence-electron chi connectivity index (χ0n) is 14.7. The SMILES string of the molecule is FC(F)(F)c1ccc(/C=N\OC(C#Cc2ccccc2)c2ccccc2)cc1. The highest BCUT2D eigenvalue weighted by atomic mass is 19.4. The van der Waals surface area contributed by atoms with E-state index in [1.165, 1.54) is 18.3 Å². The van der Waals surface area contributed by atoms with Crippen molar-refractivity contribution in [3.05, 3.63) is 107 Å². The molecule has 1 atom stereocenters. The first-order chi connectivity index (χ1) is 13.5. The second kappa shape index (κ2) is 8.92. The molecule has 0 spiro atoms. The van der Waals surface area contributed by atoms with Crippen LogP contribution < -0.4 is 0 Å². The minimum Gasteiger partial charge on any atom is -0.374 e. The Morgan fingerprint density at radius 2 is 1.43 bits per heavy atom. The molecule has 0 N–H and O–H groups in total. The van der Waals surface area contributed by atoms with E-state index in [1.54, 1.807) is 0 Å². The molecule has 0 amide bonds. The fourth-order valence-electron chi connectivity index (χ4n) is 2.38. The third kappa shape index (κ3) is 5.49. The normalized spacial score (nSPS) is 12.2. The number of benzene rings is 3. The first-order valence-corrected chi connectivity index (χ1v) is 8.50. The van der Waals surface area contributed by atoms with E-state index in [0.717, 1.165) is 23.3 Å². The molecule has 5 heteroatoms. The van der Waals surface area contributed by atoms with E-state index in [9.17, 15) is 13.2 Å². The van der Waals surface area contributed by atoms with Crippen molar-refractivity contribution in [2.24, 2.45) is 5.16 Å². The molecule has 0 heterocycles. The summed E-state index contributed by atoms with van der Waals surface area (Å²) in [6, 6.07) is 23.5. The van der Waals surface area contributed by atoms with E-state index in [2.05, 4.69) is 17.0 Å². The third-order valence-corrected chi connectivity index (χ3v) is 3.83. The summed E-state index contributed by atoms with van der Waals surface area (Å²) in [6.07, 6.45) is -3.61. The summed E-state index contributed by atoms with van der Waals surface area (Å²) in [5.74, 6) is 6.07. The van der Waals surface area contributed by atoms with Crippen LogP contribution >= 0.6 is 0 Å². The summed E-state index contributed by atoms with van der Waals surface area (Å²) in [7, 11) is 0. The van der Waals surface area contributed by atoms with Crippen molar-refractivity contribution in [3.63, 3.8) is 0 Å². The van der Waals surface area contributed by atoms with Crippen molar-refractivity contribution >= 4 is 6.21 Å². The second-order valence-corrected chi connectivity index (χ2v) is 5.89. The molecule has 0 aromatic heterocycles. The molecule has 3 aromatic rings. The smallest absolute Gasteiger partial charge is 0.374 e. The van der Waals surface area contributed by atoms with E-state index in [1.807, 2.05) is 60.7 Å². The van der Waals surface area contributed by atoms with Crippen LogP contribution in [0.1, 0.15) is 28.4 Å². The van der Waals surface area contributed by atoms with Crippen molar-refractivity contribution < 1.29 is 18.0 Å². The topological polar surface area (TPSA) is 21.6 Å². The van der Waals surface area contributed by atoms with Gasteiger partial charge in [-0.15, -0.1) is 0 Å². The first-order valence-electron chi connectivity index (χ1n) is 8.50. The van der Waals surface area contributed by atoms with E-state index >= 15 is 0 Å². The summed E-state index contributed by atoms with van der Waals surface area (Å²) < 4.78 is 37.8. The molecule has 140 valence electrons. The van der Waals surface area contributed by atoms with Gasteiger partial charge in [-0.25, -0.2) is 0 Å². The number of rotatable bonds is 4. The molecule has 0 fully saturated rings. The van der Waals surface area contributed by atoms with Crippen molar-refractivity contribution in [1.29, 1.82) is 0 Å². The van der Waals surface area contributed by atoms with Crippen molar-refractivity contribution in [3.8, 4) is 11.8 Å².